The highest BCUT2D eigenvalue weighted by Crippen LogP contribution is 2.48. The maximum Gasteiger partial charge on any atom is 0.407 e. The van der Waals surface area contributed by atoms with Gasteiger partial charge in [-0.2, -0.15) is 0 Å². The number of H-pyrrole nitrogens is 2. The summed E-state index contributed by atoms with van der Waals surface area (Å²) in [6, 6.07) is 13.9. The second-order valence-electron chi connectivity index (χ2n) is 18.9. The van der Waals surface area contributed by atoms with E-state index in [0.29, 0.717) is 53.0 Å². The van der Waals surface area contributed by atoms with Gasteiger partial charge in [-0.05, 0) is 92.8 Å². The first-order valence-corrected chi connectivity index (χ1v) is 24.7. The lowest BCUT2D eigenvalue weighted by Gasteiger charge is -2.30. The maximum absolute atomic E-state index is 16.9. The molecule has 4 N–H and O–H groups in total. The van der Waals surface area contributed by atoms with Gasteiger partial charge in [-0.3, -0.25) is 14.2 Å². The van der Waals surface area contributed by atoms with Crippen molar-refractivity contribution in [3.8, 4) is 39.5 Å². The molecule has 6 aromatic rings. The molecule has 0 bridgehead atoms. The summed E-state index contributed by atoms with van der Waals surface area (Å²) in [7, 11) is 2.54. The van der Waals surface area contributed by atoms with Crippen LogP contribution in [0.5, 0.6) is 5.75 Å². The number of benzene rings is 2. The third-order valence-corrected chi connectivity index (χ3v) is 14.7. The minimum absolute atomic E-state index is 0.143. The standard InChI is InChI=1S/C51H60FN9O7S/c1-8-59(47(62)44(27(2)3)57-50(64)66-6)26-42-53-24-36(55-42)31-21-34(52)43-39-22-32-20-30(35-25-54-46(56-35)38-10-9-19-60(38)48(63)45(28(4)5)58-51(65)67-7)14-17-37(32)61(39)49(68-40(43)23-31)41-18-16-33(69-41)15-13-29-11-12-29/h14,16-18,20-25,27-29,38,44-45,49H,8-13,15,19,26H2,1-7H3,(H,53,55)(H,54,56)(H,57,64)(H,58,65)/t38-,44-,45-,49?/m0/s1. The van der Waals surface area contributed by atoms with Crippen LogP contribution in [-0.4, -0.2) is 97.7 Å². The summed E-state index contributed by atoms with van der Waals surface area (Å²) in [6.45, 7) is 10.4. The van der Waals surface area contributed by atoms with Gasteiger partial charge >= 0.3 is 12.2 Å². The summed E-state index contributed by atoms with van der Waals surface area (Å²) in [6.07, 6.45) is 7.77. The number of amides is 4. The van der Waals surface area contributed by atoms with Crippen molar-refractivity contribution < 1.29 is 37.8 Å². The lowest BCUT2D eigenvalue weighted by Crippen LogP contribution is -2.51. The molecule has 16 nitrogen and oxygen atoms in total. The first-order valence-electron chi connectivity index (χ1n) is 23.9. The van der Waals surface area contributed by atoms with E-state index in [-0.39, 0.29) is 36.2 Å². The van der Waals surface area contributed by atoms with Gasteiger partial charge in [0.15, 0.2) is 0 Å². The van der Waals surface area contributed by atoms with E-state index in [4.69, 9.17) is 19.2 Å². The molecule has 4 aromatic heterocycles. The number of rotatable bonds is 16. The van der Waals surface area contributed by atoms with Gasteiger partial charge in [0.25, 0.3) is 0 Å². The second kappa shape index (κ2) is 19.7. The molecule has 1 aliphatic carbocycles. The van der Waals surface area contributed by atoms with E-state index in [1.54, 1.807) is 33.5 Å². The Morgan fingerprint density at radius 1 is 0.899 bits per heavy atom. The van der Waals surface area contributed by atoms with Crippen molar-refractivity contribution in [2.45, 2.75) is 104 Å². The molecule has 1 unspecified atom stereocenters. The number of aromatic amines is 2. The number of aryl methyl sites for hydroxylation is 1. The Labute approximate surface area is 404 Å². The summed E-state index contributed by atoms with van der Waals surface area (Å²) in [5.74, 6) is 1.10. The number of halogens is 1. The molecule has 364 valence electrons. The predicted molar refractivity (Wildman–Crippen MR) is 260 cm³/mol. The van der Waals surface area contributed by atoms with Crippen molar-refractivity contribution in [3.63, 3.8) is 0 Å². The van der Waals surface area contributed by atoms with Gasteiger partial charge in [-0.15, -0.1) is 11.3 Å². The molecular weight excluding hydrogens is 902 g/mol. The quantitative estimate of drug-likeness (QED) is 0.0733. The number of methoxy groups -OCH3 is 2. The van der Waals surface area contributed by atoms with Crippen molar-refractivity contribution in [2.75, 3.05) is 27.3 Å². The van der Waals surface area contributed by atoms with Gasteiger partial charge in [-0.25, -0.2) is 23.9 Å². The number of fused-ring (bicyclic) bond motifs is 5. The highest BCUT2D eigenvalue weighted by Gasteiger charge is 2.38. The molecule has 2 aromatic carbocycles. The average Bonchev–Trinajstić information content (AvgIpc) is 3.94. The second-order valence-corrected chi connectivity index (χ2v) is 20.1. The summed E-state index contributed by atoms with van der Waals surface area (Å²) >= 11 is 1.72. The Morgan fingerprint density at radius 2 is 1.62 bits per heavy atom. The first-order chi connectivity index (χ1) is 33.2. The molecular formula is C51H60FN9O7S. The molecule has 69 heavy (non-hydrogen) atoms. The molecule has 6 heterocycles. The maximum atomic E-state index is 16.9. The number of hydrogen-bond acceptors (Lipinski definition) is 10. The molecule has 2 fully saturated rings. The molecule has 1 saturated carbocycles. The summed E-state index contributed by atoms with van der Waals surface area (Å²) in [5, 5.41) is 6.24. The monoisotopic (exact) mass is 961 g/mol. The normalized spacial score (nSPS) is 17.3. The SMILES string of the molecule is CCN(Cc1ncc(-c2cc(F)c3c(c2)OC(c2ccc(CCC4CC4)s2)n2c-3cc3cc(-c4cnc([C@@H]5CCCN5C(=O)[C@@H](NC(=O)OC)C(C)C)[nH]4)ccc32)[nH]1)C(=O)[C@@H](NC(=O)OC)C(C)C. The van der Waals surface area contributed by atoms with Crippen molar-refractivity contribution in [2.24, 2.45) is 17.8 Å². The van der Waals surface area contributed by atoms with E-state index >= 15 is 4.39 Å². The van der Waals surface area contributed by atoms with Crippen LogP contribution in [0.15, 0.2) is 60.9 Å². The molecule has 0 radical (unpaired) electrons. The third-order valence-electron chi connectivity index (χ3n) is 13.6. The van der Waals surface area contributed by atoms with Gasteiger partial charge in [0.05, 0.1) is 72.2 Å². The topological polar surface area (TPSA) is 189 Å². The van der Waals surface area contributed by atoms with Crippen LogP contribution in [0.3, 0.4) is 0 Å². The molecule has 1 saturated heterocycles. The van der Waals surface area contributed by atoms with Crippen LogP contribution in [0.4, 0.5) is 14.0 Å². The number of carbonyl (C=O) groups excluding carboxylic acids is 4. The lowest BCUT2D eigenvalue weighted by atomic mass is 10.0. The molecule has 3 aliphatic rings. The van der Waals surface area contributed by atoms with Crippen molar-refractivity contribution in [1.82, 2.24) is 44.9 Å². The number of imidazole rings is 2. The zero-order valence-electron chi connectivity index (χ0n) is 40.1. The Morgan fingerprint density at radius 3 is 2.33 bits per heavy atom. The number of nitrogens with zero attached hydrogens (tertiary/aromatic N) is 5. The number of likely N-dealkylation sites (tertiary alicyclic amines) is 1. The predicted octanol–water partition coefficient (Wildman–Crippen LogP) is 9.34. The van der Waals surface area contributed by atoms with Crippen LogP contribution in [0.2, 0.25) is 0 Å². The average molecular weight is 962 g/mol. The number of nitrogens with one attached hydrogen (secondary N) is 4. The number of thiophene rings is 1. The number of ether oxygens (including phenoxy) is 3. The largest absolute Gasteiger partial charge is 0.464 e. The van der Waals surface area contributed by atoms with Crippen LogP contribution < -0.4 is 15.4 Å². The van der Waals surface area contributed by atoms with Crippen molar-refractivity contribution in [1.29, 1.82) is 0 Å². The number of aromatic nitrogens is 5. The zero-order chi connectivity index (χ0) is 48.7. The van der Waals surface area contributed by atoms with E-state index in [9.17, 15) is 19.2 Å². The fourth-order valence-corrected chi connectivity index (χ4v) is 10.6. The Kier molecular flexibility index (Phi) is 13.5. The Hall–Kier alpha value is -6.69. The Balaban J connectivity index is 1.02. The fraction of sp³-hybridized carbons (Fsp3) is 0.451. The molecule has 4 amide bonds. The Bertz CT molecular complexity index is 2880. The minimum Gasteiger partial charge on any atom is -0.464 e. The highest BCUT2D eigenvalue weighted by molar-refractivity contribution is 7.12. The third kappa shape index (κ3) is 9.67. The van der Waals surface area contributed by atoms with E-state index in [0.717, 1.165) is 58.6 Å². The van der Waals surface area contributed by atoms with Crippen LogP contribution >= 0.6 is 11.3 Å². The molecule has 4 atom stereocenters. The van der Waals surface area contributed by atoms with Crippen LogP contribution in [0, 0.1) is 23.6 Å². The van der Waals surface area contributed by atoms with Crippen molar-refractivity contribution >= 4 is 46.2 Å². The van der Waals surface area contributed by atoms with Gasteiger partial charge in [-0.1, -0.05) is 46.6 Å². The van der Waals surface area contributed by atoms with E-state index in [2.05, 4.69) is 48.4 Å². The first kappa shape index (κ1) is 47.4. The molecule has 0 spiro atoms. The van der Waals surface area contributed by atoms with E-state index in [1.807, 2.05) is 58.9 Å². The molecule has 18 heteroatoms. The summed E-state index contributed by atoms with van der Waals surface area (Å²) < 4.78 is 35.4. The lowest BCUT2D eigenvalue weighted by molar-refractivity contribution is -0.136. The summed E-state index contributed by atoms with van der Waals surface area (Å²) in [4.78, 5) is 73.4. The molecule has 2 aliphatic heterocycles. The van der Waals surface area contributed by atoms with Gasteiger partial charge in [0.2, 0.25) is 18.0 Å². The van der Waals surface area contributed by atoms with Crippen LogP contribution in [-0.2, 0) is 32.0 Å². The smallest absolute Gasteiger partial charge is 0.407 e. The van der Waals surface area contributed by atoms with Gasteiger partial charge in [0, 0.05) is 34.5 Å². The highest BCUT2D eigenvalue weighted by atomic mass is 32.1. The number of carbonyl (C=O) groups is 4. The van der Waals surface area contributed by atoms with E-state index in [1.165, 1.54) is 38.0 Å². The summed E-state index contributed by atoms with van der Waals surface area (Å²) in [5.41, 5.74) is 4.63. The molecule has 9 rings (SSSR count). The fourth-order valence-electron chi connectivity index (χ4n) is 9.56. The van der Waals surface area contributed by atoms with Crippen molar-refractivity contribution in [3.05, 3.63) is 88.1 Å². The minimum atomic E-state index is -0.792. The van der Waals surface area contributed by atoms with E-state index < -0.39 is 36.3 Å². The van der Waals surface area contributed by atoms with Gasteiger partial charge in [0.1, 0.15) is 35.3 Å². The van der Waals surface area contributed by atoms with Gasteiger partial charge < -0.3 is 44.6 Å². The number of likely N-dealkylation sites (N-methyl/N-ethyl adjacent to an activating group) is 1. The number of alkyl carbamates (subject to hydrolysis) is 2. The van der Waals surface area contributed by atoms with Crippen LogP contribution in [0.1, 0.15) is 100 Å². The number of hydrogen-bond donors (Lipinski definition) is 4. The van der Waals surface area contributed by atoms with Crippen LogP contribution in [0.25, 0.3) is 44.7 Å². The zero-order valence-corrected chi connectivity index (χ0v) is 40.9.